The van der Waals surface area contributed by atoms with Gasteiger partial charge in [-0.1, -0.05) is 33.8 Å². The number of ether oxygens (including phenoxy) is 1. The lowest BCUT2D eigenvalue weighted by atomic mass is 10.3. The maximum atomic E-state index is 5.68. The van der Waals surface area contributed by atoms with E-state index in [-0.39, 0.29) is 0 Å². The third-order valence-electron chi connectivity index (χ3n) is 3.64. The zero-order valence-electron chi connectivity index (χ0n) is 16.6. The van der Waals surface area contributed by atoms with Crippen LogP contribution in [-0.2, 0) is 6.54 Å². The summed E-state index contributed by atoms with van der Waals surface area (Å²) in [5.41, 5.74) is 1.18. The summed E-state index contributed by atoms with van der Waals surface area (Å²) in [6, 6.07) is 4.00. The zero-order chi connectivity index (χ0) is 18.2. The van der Waals surface area contributed by atoms with Gasteiger partial charge in [0.15, 0.2) is 0 Å². The molecule has 0 saturated carbocycles. The van der Waals surface area contributed by atoms with Gasteiger partial charge in [0.2, 0.25) is 5.88 Å². The van der Waals surface area contributed by atoms with E-state index in [2.05, 4.69) is 33.2 Å². The lowest BCUT2D eigenvalue weighted by Gasteiger charge is -2.32. The van der Waals surface area contributed by atoms with Crippen LogP contribution in [0.5, 0.6) is 5.88 Å². The van der Waals surface area contributed by atoms with Crippen LogP contribution in [0.3, 0.4) is 0 Å². The molecule has 2 heterocycles. The van der Waals surface area contributed by atoms with Crippen molar-refractivity contribution in [1.29, 1.82) is 0 Å². The van der Waals surface area contributed by atoms with Gasteiger partial charge in [0.05, 0.1) is 6.61 Å². The van der Waals surface area contributed by atoms with Crippen LogP contribution in [0.15, 0.2) is 18.3 Å². The third kappa shape index (κ3) is 9.85. The predicted octanol–water partition coefficient (Wildman–Crippen LogP) is 2.87. The van der Waals surface area contributed by atoms with Crippen LogP contribution in [0.1, 0.15) is 39.7 Å². The predicted molar refractivity (Wildman–Crippen MR) is 104 cm³/mol. The number of piperazine rings is 1. The van der Waals surface area contributed by atoms with Gasteiger partial charge in [-0.3, -0.25) is 0 Å². The highest BCUT2D eigenvalue weighted by Gasteiger charge is 2.12. The molecule has 5 nitrogen and oxygen atoms in total. The standard InChI is InChI=1S/C15H26N4O.2C2H6/c1-16-12-14-4-5-15(17-13-14)20-11-3-6-19-9-7-18(2)8-10-19;2*1-2/h4-5,13,16H,3,6-12H2,1-2H3;2*1-2H3. The monoisotopic (exact) mass is 338 g/mol. The Morgan fingerprint density at radius 1 is 1.08 bits per heavy atom. The van der Waals surface area contributed by atoms with Crippen molar-refractivity contribution in [2.75, 3.05) is 53.4 Å². The van der Waals surface area contributed by atoms with Crippen molar-refractivity contribution in [1.82, 2.24) is 20.1 Å². The van der Waals surface area contributed by atoms with Crippen molar-refractivity contribution in [2.45, 2.75) is 40.7 Å². The van der Waals surface area contributed by atoms with Crippen LogP contribution in [0.2, 0.25) is 0 Å². The lowest BCUT2D eigenvalue weighted by molar-refractivity contribution is 0.145. The Bertz CT molecular complexity index is 375. The zero-order valence-corrected chi connectivity index (χ0v) is 16.6. The number of hydrogen-bond donors (Lipinski definition) is 1. The Labute approximate surface area is 149 Å². The molecule has 1 aromatic rings. The molecule has 0 aromatic carbocycles. The molecule has 0 unspecified atom stereocenters. The second-order valence-electron chi connectivity index (χ2n) is 5.38. The molecule has 1 N–H and O–H groups in total. The van der Waals surface area contributed by atoms with Gasteiger partial charge in [-0.2, -0.15) is 0 Å². The largest absolute Gasteiger partial charge is 0.478 e. The Morgan fingerprint density at radius 3 is 2.29 bits per heavy atom. The number of aromatic nitrogens is 1. The first kappa shape index (κ1) is 22.8. The van der Waals surface area contributed by atoms with Gasteiger partial charge in [-0.05, 0) is 26.1 Å². The Hall–Kier alpha value is -1.17. The second kappa shape index (κ2) is 15.4. The molecule has 1 aliphatic heterocycles. The van der Waals surface area contributed by atoms with Gasteiger partial charge in [-0.15, -0.1) is 0 Å². The summed E-state index contributed by atoms with van der Waals surface area (Å²) in [5.74, 6) is 0.725. The highest BCUT2D eigenvalue weighted by molar-refractivity contribution is 5.17. The fourth-order valence-corrected chi connectivity index (χ4v) is 2.34. The number of likely N-dealkylation sites (N-methyl/N-ethyl adjacent to an activating group) is 1. The molecule has 0 spiro atoms. The molecule has 0 bridgehead atoms. The highest BCUT2D eigenvalue weighted by atomic mass is 16.5. The topological polar surface area (TPSA) is 40.6 Å². The van der Waals surface area contributed by atoms with Gasteiger partial charge in [0.25, 0.3) is 0 Å². The van der Waals surface area contributed by atoms with E-state index >= 15 is 0 Å². The molecule has 1 saturated heterocycles. The minimum absolute atomic E-state index is 0.725. The first-order valence-electron chi connectivity index (χ1n) is 9.41. The molecule has 24 heavy (non-hydrogen) atoms. The van der Waals surface area contributed by atoms with E-state index in [1.54, 1.807) is 0 Å². The number of pyridine rings is 1. The normalized spacial score (nSPS) is 14.9. The molecule has 1 aliphatic rings. The van der Waals surface area contributed by atoms with E-state index < -0.39 is 0 Å². The summed E-state index contributed by atoms with van der Waals surface area (Å²) < 4.78 is 5.68. The van der Waals surface area contributed by atoms with Gasteiger partial charge < -0.3 is 19.9 Å². The Morgan fingerprint density at radius 2 is 1.75 bits per heavy atom. The summed E-state index contributed by atoms with van der Waals surface area (Å²) in [7, 11) is 4.12. The minimum Gasteiger partial charge on any atom is -0.478 e. The quantitative estimate of drug-likeness (QED) is 0.774. The van der Waals surface area contributed by atoms with Gasteiger partial charge in [0, 0.05) is 51.5 Å². The highest BCUT2D eigenvalue weighted by Crippen LogP contribution is 2.08. The molecule has 1 aromatic heterocycles. The van der Waals surface area contributed by atoms with Gasteiger partial charge >= 0.3 is 0 Å². The second-order valence-corrected chi connectivity index (χ2v) is 5.38. The summed E-state index contributed by atoms with van der Waals surface area (Å²) in [6.45, 7) is 15.4. The fourth-order valence-electron chi connectivity index (χ4n) is 2.34. The molecule has 2 rings (SSSR count). The Balaban J connectivity index is 0.00000123. The molecule has 0 amide bonds. The van der Waals surface area contributed by atoms with Gasteiger partial charge in [-0.25, -0.2) is 4.98 Å². The average Bonchev–Trinajstić information content (AvgIpc) is 2.65. The fraction of sp³-hybridized carbons (Fsp3) is 0.737. The first-order chi connectivity index (χ1) is 11.8. The van der Waals surface area contributed by atoms with Crippen molar-refractivity contribution in [2.24, 2.45) is 0 Å². The minimum atomic E-state index is 0.725. The third-order valence-corrected chi connectivity index (χ3v) is 3.64. The molecular formula is C19H38N4O. The van der Waals surface area contributed by atoms with Gasteiger partial charge in [0.1, 0.15) is 0 Å². The number of nitrogens with one attached hydrogen (secondary N) is 1. The van der Waals surface area contributed by atoms with E-state index in [0.29, 0.717) is 0 Å². The summed E-state index contributed by atoms with van der Waals surface area (Å²) in [5, 5.41) is 3.11. The van der Waals surface area contributed by atoms with Crippen LogP contribution in [-0.4, -0.2) is 68.2 Å². The first-order valence-corrected chi connectivity index (χ1v) is 9.41. The van der Waals surface area contributed by atoms with Crippen LogP contribution < -0.4 is 10.1 Å². The molecule has 140 valence electrons. The van der Waals surface area contributed by atoms with Crippen LogP contribution in [0.4, 0.5) is 0 Å². The molecule has 0 atom stereocenters. The molecule has 0 radical (unpaired) electrons. The molecule has 1 fully saturated rings. The van der Waals surface area contributed by atoms with Crippen LogP contribution in [0, 0.1) is 0 Å². The maximum absolute atomic E-state index is 5.68. The SMILES string of the molecule is CC.CC.CNCc1ccc(OCCCN2CCN(C)CC2)nc1. The van der Waals surface area contributed by atoms with Crippen molar-refractivity contribution in [3.05, 3.63) is 23.9 Å². The van der Waals surface area contributed by atoms with E-state index in [1.165, 1.54) is 31.7 Å². The summed E-state index contributed by atoms with van der Waals surface area (Å²) in [4.78, 5) is 9.19. The van der Waals surface area contributed by atoms with Crippen molar-refractivity contribution >= 4 is 0 Å². The van der Waals surface area contributed by atoms with Crippen LogP contribution in [0.25, 0.3) is 0 Å². The van der Waals surface area contributed by atoms with Crippen molar-refractivity contribution < 1.29 is 4.74 Å². The van der Waals surface area contributed by atoms with E-state index in [9.17, 15) is 0 Å². The smallest absolute Gasteiger partial charge is 0.213 e. The Kier molecular flexibility index (Phi) is 14.6. The average molecular weight is 339 g/mol. The molecule has 0 aliphatic carbocycles. The molecule has 5 heteroatoms. The van der Waals surface area contributed by atoms with E-state index in [0.717, 1.165) is 32.0 Å². The number of nitrogens with zero attached hydrogens (tertiary/aromatic N) is 3. The van der Waals surface area contributed by atoms with Crippen molar-refractivity contribution in [3.63, 3.8) is 0 Å². The number of rotatable bonds is 7. The van der Waals surface area contributed by atoms with E-state index in [4.69, 9.17) is 4.74 Å². The number of hydrogen-bond acceptors (Lipinski definition) is 5. The van der Waals surface area contributed by atoms with E-state index in [1.807, 2.05) is 47.0 Å². The van der Waals surface area contributed by atoms with Crippen LogP contribution >= 0.6 is 0 Å². The lowest BCUT2D eigenvalue weighted by Crippen LogP contribution is -2.44. The summed E-state index contributed by atoms with van der Waals surface area (Å²) in [6.07, 6.45) is 2.93. The molecular weight excluding hydrogens is 300 g/mol. The van der Waals surface area contributed by atoms with Crippen molar-refractivity contribution in [3.8, 4) is 5.88 Å². The summed E-state index contributed by atoms with van der Waals surface area (Å²) >= 11 is 0. The maximum Gasteiger partial charge on any atom is 0.213 e.